The largest absolute Gasteiger partial charge is 0.377 e. The standard InChI is InChI=1S/C24H40N4O2.HI/c1-6-9-21(29)28-20-13-11-18(12-14-20)16-26-23(25-7-2)27-17-19-10-8-15-30-22(19)24(3,4)5;/h11-14,19,22H,6-10,15-17H2,1-5H3,(H,28,29)(H2,25,26,27);1H. The van der Waals surface area contributed by atoms with Gasteiger partial charge >= 0.3 is 0 Å². The number of aliphatic imine (C=N–C) groups is 1. The third-order valence-electron chi connectivity index (χ3n) is 5.31. The fraction of sp³-hybridized carbons (Fsp3) is 0.667. The smallest absolute Gasteiger partial charge is 0.224 e. The van der Waals surface area contributed by atoms with E-state index in [0.717, 1.165) is 49.7 Å². The SMILES string of the molecule is CCCC(=O)Nc1ccc(CN=C(NCC)NCC2CCCOC2C(C)(C)C)cc1.I. The van der Waals surface area contributed by atoms with E-state index in [1.165, 1.54) is 6.42 Å². The van der Waals surface area contributed by atoms with Gasteiger partial charge in [0.05, 0.1) is 12.6 Å². The number of amides is 1. The first-order valence-electron chi connectivity index (χ1n) is 11.4. The summed E-state index contributed by atoms with van der Waals surface area (Å²) in [6, 6.07) is 7.90. The van der Waals surface area contributed by atoms with Crippen molar-refractivity contribution in [3.05, 3.63) is 29.8 Å². The summed E-state index contributed by atoms with van der Waals surface area (Å²) in [4.78, 5) is 16.5. The summed E-state index contributed by atoms with van der Waals surface area (Å²) in [7, 11) is 0. The van der Waals surface area contributed by atoms with Gasteiger partial charge in [0.25, 0.3) is 0 Å². The molecule has 2 atom stereocenters. The van der Waals surface area contributed by atoms with E-state index in [9.17, 15) is 4.79 Å². The number of ether oxygens (including phenoxy) is 1. The number of carbonyl (C=O) groups is 1. The lowest BCUT2D eigenvalue weighted by molar-refractivity contribution is -0.116. The van der Waals surface area contributed by atoms with E-state index >= 15 is 0 Å². The van der Waals surface area contributed by atoms with E-state index < -0.39 is 0 Å². The highest BCUT2D eigenvalue weighted by atomic mass is 127. The van der Waals surface area contributed by atoms with Crippen molar-refractivity contribution in [1.29, 1.82) is 0 Å². The van der Waals surface area contributed by atoms with Crippen molar-refractivity contribution in [2.75, 3.05) is 25.0 Å². The zero-order chi connectivity index (χ0) is 22.0. The Labute approximate surface area is 205 Å². The van der Waals surface area contributed by atoms with Gasteiger partial charge in [-0.05, 0) is 49.3 Å². The molecule has 1 amide bonds. The molecule has 0 radical (unpaired) electrons. The maximum atomic E-state index is 11.7. The molecular formula is C24H41IN4O2. The number of hydrogen-bond acceptors (Lipinski definition) is 3. The van der Waals surface area contributed by atoms with E-state index in [1.807, 2.05) is 31.2 Å². The fourth-order valence-electron chi connectivity index (χ4n) is 3.89. The maximum Gasteiger partial charge on any atom is 0.224 e. The number of nitrogens with zero attached hydrogens (tertiary/aromatic N) is 1. The summed E-state index contributed by atoms with van der Waals surface area (Å²) in [6.07, 6.45) is 3.96. The van der Waals surface area contributed by atoms with Crippen LogP contribution in [0.2, 0.25) is 0 Å². The van der Waals surface area contributed by atoms with Crippen LogP contribution in [0.5, 0.6) is 0 Å². The highest BCUT2D eigenvalue weighted by Gasteiger charge is 2.35. The topological polar surface area (TPSA) is 74.8 Å². The predicted molar refractivity (Wildman–Crippen MR) is 140 cm³/mol. The van der Waals surface area contributed by atoms with Crippen LogP contribution < -0.4 is 16.0 Å². The van der Waals surface area contributed by atoms with Crippen LogP contribution in [-0.2, 0) is 16.1 Å². The number of halogens is 1. The molecule has 0 bridgehead atoms. The molecule has 1 aromatic carbocycles. The predicted octanol–water partition coefficient (Wildman–Crippen LogP) is 4.94. The van der Waals surface area contributed by atoms with Crippen molar-refractivity contribution in [3.8, 4) is 0 Å². The van der Waals surface area contributed by atoms with Crippen LogP contribution in [0.4, 0.5) is 5.69 Å². The monoisotopic (exact) mass is 544 g/mol. The Bertz CT molecular complexity index is 686. The number of hydrogen-bond donors (Lipinski definition) is 3. The number of anilines is 1. The van der Waals surface area contributed by atoms with Crippen LogP contribution in [0.25, 0.3) is 0 Å². The third-order valence-corrected chi connectivity index (χ3v) is 5.31. The molecular weight excluding hydrogens is 503 g/mol. The van der Waals surface area contributed by atoms with E-state index in [0.29, 0.717) is 18.9 Å². The first kappa shape index (κ1) is 27.7. The quantitative estimate of drug-likeness (QED) is 0.246. The Morgan fingerprint density at radius 1 is 1.16 bits per heavy atom. The fourth-order valence-corrected chi connectivity index (χ4v) is 3.89. The Balaban J connectivity index is 0.00000480. The van der Waals surface area contributed by atoms with Crippen molar-refractivity contribution in [1.82, 2.24) is 10.6 Å². The van der Waals surface area contributed by atoms with Gasteiger partial charge in [-0.25, -0.2) is 4.99 Å². The van der Waals surface area contributed by atoms with Crippen molar-refractivity contribution in [2.45, 2.75) is 73.0 Å². The van der Waals surface area contributed by atoms with Gasteiger partial charge in [0.15, 0.2) is 5.96 Å². The molecule has 2 unspecified atom stereocenters. The lowest BCUT2D eigenvalue weighted by atomic mass is 9.78. The van der Waals surface area contributed by atoms with Crippen LogP contribution in [0.15, 0.2) is 29.3 Å². The van der Waals surface area contributed by atoms with Crippen molar-refractivity contribution >= 4 is 41.5 Å². The van der Waals surface area contributed by atoms with Crippen LogP contribution in [0.1, 0.15) is 65.9 Å². The lowest BCUT2D eigenvalue weighted by Gasteiger charge is -2.40. The molecule has 176 valence electrons. The Morgan fingerprint density at radius 3 is 2.48 bits per heavy atom. The summed E-state index contributed by atoms with van der Waals surface area (Å²) >= 11 is 0. The van der Waals surface area contributed by atoms with Gasteiger partial charge in [-0.1, -0.05) is 39.8 Å². The molecule has 1 aromatic rings. The zero-order valence-electron chi connectivity index (χ0n) is 19.8. The minimum absolute atomic E-state index is 0. The summed E-state index contributed by atoms with van der Waals surface area (Å²) in [6.45, 7) is 14.0. The average Bonchev–Trinajstić information content (AvgIpc) is 2.71. The number of carbonyl (C=O) groups excluding carboxylic acids is 1. The van der Waals surface area contributed by atoms with Gasteiger partial charge in [-0.2, -0.15) is 0 Å². The molecule has 0 spiro atoms. The van der Waals surface area contributed by atoms with Crippen LogP contribution in [0, 0.1) is 11.3 Å². The molecule has 31 heavy (non-hydrogen) atoms. The molecule has 1 aliphatic heterocycles. The molecule has 0 saturated carbocycles. The first-order chi connectivity index (χ1) is 14.3. The molecule has 1 fully saturated rings. The summed E-state index contributed by atoms with van der Waals surface area (Å²) in [5, 5.41) is 9.77. The molecule has 1 saturated heterocycles. The highest BCUT2D eigenvalue weighted by Crippen LogP contribution is 2.33. The normalized spacial score (nSPS) is 19.3. The molecule has 7 heteroatoms. The maximum absolute atomic E-state index is 11.7. The second-order valence-electron chi connectivity index (χ2n) is 9.13. The van der Waals surface area contributed by atoms with Gasteiger partial charge < -0.3 is 20.7 Å². The van der Waals surface area contributed by atoms with Gasteiger partial charge in [-0.3, -0.25) is 4.79 Å². The Hall–Kier alpha value is -1.35. The molecule has 1 heterocycles. The van der Waals surface area contributed by atoms with Crippen molar-refractivity contribution < 1.29 is 9.53 Å². The van der Waals surface area contributed by atoms with Crippen molar-refractivity contribution in [2.24, 2.45) is 16.3 Å². The third kappa shape index (κ3) is 9.76. The summed E-state index contributed by atoms with van der Waals surface area (Å²) < 4.78 is 6.10. The van der Waals surface area contributed by atoms with E-state index in [-0.39, 0.29) is 41.4 Å². The Kier molecular flexibility index (Phi) is 12.4. The van der Waals surface area contributed by atoms with Crippen LogP contribution >= 0.6 is 24.0 Å². The number of guanidine groups is 1. The first-order valence-corrected chi connectivity index (χ1v) is 11.4. The van der Waals surface area contributed by atoms with Crippen LogP contribution in [-0.4, -0.2) is 37.7 Å². The lowest BCUT2D eigenvalue weighted by Crippen LogP contribution is -2.47. The molecule has 1 aliphatic rings. The van der Waals surface area contributed by atoms with Crippen LogP contribution in [0.3, 0.4) is 0 Å². The minimum Gasteiger partial charge on any atom is -0.377 e. The van der Waals surface area contributed by atoms with E-state index in [1.54, 1.807) is 0 Å². The second-order valence-corrected chi connectivity index (χ2v) is 9.13. The molecule has 6 nitrogen and oxygen atoms in total. The van der Waals surface area contributed by atoms with Gasteiger partial charge in [0, 0.05) is 37.7 Å². The number of rotatable bonds is 8. The van der Waals surface area contributed by atoms with Gasteiger partial charge in [0.2, 0.25) is 5.91 Å². The van der Waals surface area contributed by atoms with E-state index in [2.05, 4.69) is 43.6 Å². The minimum atomic E-state index is 0. The molecule has 2 rings (SSSR count). The van der Waals surface area contributed by atoms with E-state index in [4.69, 9.17) is 9.73 Å². The average molecular weight is 545 g/mol. The molecule has 0 aliphatic carbocycles. The highest BCUT2D eigenvalue weighted by molar-refractivity contribution is 14.0. The summed E-state index contributed by atoms with van der Waals surface area (Å²) in [5.74, 6) is 1.37. The number of nitrogens with one attached hydrogen (secondary N) is 3. The van der Waals surface area contributed by atoms with Gasteiger partial charge in [0.1, 0.15) is 0 Å². The second kappa shape index (κ2) is 13.9. The Morgan fingerprint density at radius 2 is 1.87 bits per heavy atom. The van der Waals surface area contributed by atoms with Gasteiger partial charge in [-0.15, -0.1) is 24.0 Å². The summed E-state index contributed by atoms with van der Waals surface area (Å²) in [5.41, 5.74) is 2.07. The molecule has 3 N–H and O–H groups in total. The van der Waals surface area contributed by atoms with Crippen molar-refractivity contribution in [3.63, 3.8) is 0 Å². The number of benzene rings is 1. The zero-order valence-corrected chi connectivity index (χ0v) is 22.1. The molecule has 0 aromatic heterocycles.